The van der Waals surface area contributed by atoms with Crippen molar-refractivity contribution in [3.8, 4) is 0 Å². The Labute approximate surface area is 96.3 Å². The van der Waals surface area contributed by atoms with Gasteiger partial charge in [0.25, 0.3) is 0 Å². The molecule has 0 aliphatic rings. The molecule has 0 aromatic carbocycles. The Bertz CT molecular complexity index is 371. The zero-order chi connectivity index (χ0) is 12.3. The van der Waals surface area contributed by atoms with Crippen LogP contribution in [-0.2, 0) is 18.3 Å². The number of nitrogens with zero attached hydrogens (tertiary/aromatic N) is 2. The Hall–Kier alpha value is -1.32. The maximum absolute atomic E-state index is 11.3. The molecule has 0 spiro atoms. The van der Waals surface area contributed by atoms with Crippen molar-refractivity contribution in [2.75, 3.05) is 0 Å². The number of aromatic nitrogens is 2. The van der Waals surface area contributed by atoms with E-state index in [1.165, 1.54) is 0 Å². The molecule has 1 unspecified atom stereocenters. The largest absolute Gasteiger partial charge is 0.481 e. The van der Waals surface area contributed by atoms with Gasteiger partial charge < -0.3 is 9.67 Å². The molecule has 0 aliphatic heterocycles. The molecule has 4 nitrogen and oxygen atoms in total. The van der Waals surface area contributed by atoms with E-state index in [1.807, 2.05) is 38.6 Å². The van der Waals surface area contributed by atoms with Gasteiger partial charge in [0.2, 0.25) is 0 Å². The van der Waals surface area contributed by atoms with Crippen LogP contribution in [0.15, 0.2) is 12.4 Å². The van der Waals surface area contributed by atoms with E-state index in [-0.39, 0.29) is 5.92 Å². The number of carboxylic acid groups (broad SMARTS) is 1. The predicted octanol–water partition coefficient (Wildman–Crippen LogP) is 2.10. The molecule has 1 N–H and O–H groups in total. The molecular weight excluding hydrogens is 204 g/mol. The monoisotopic (exact) mass is 224 g/mol. The summed E-state index contributed by atoms with van der Waals surface area (Å²) in [4.78, 5) is 15.5. The molecular formula is C12H20N2O2. The second-order valence-electron chi connectivity index (χ2n) is 4.83. The van der Waals surface area contributed by atoms with E-state index >= 15 is 0 Å². The molecule has 0 bridgehead atoms. The lowest BCUT2D eigenvalue weighted by atomic mass is 9.75. The van der Waals surface area contributed by atoms with Crippen LogP contribution < -0.4 is 0 Å². The lowest BCUT2D eigenvalue weighted by molar-refractivity contribution is -0.151. The lowest BCUT2D eigenvalue weighted by Crippen LogP contribution is -2.33. The van der Waals surface area contributed by atoms with Gasteiger partial charge in [-0.1, -0.05) is 13.8 Å². The van der Waals surface area contributed by atoms with Crippen LogP contribution in [0.25, 0.3) is 0 Å². The molecule has 0 saturated carbocycles. The maximum Gasteiger partial charge on any atom is 0.309 e. The standard InChI is InChI=1S/C12H20N2O2/c1-9(2)12(3,11(15)16)6-5-10-13-7-8-14(10)4/h7-9H,5-6H2,1-4H3,(H,15,16). The molecule has 4 heteroatoms. The molecule has 1 rings (SSSR count). The Kier molecular flexibility index (Phi) is 3.73. The van der Waals surface area contributed by atoms with Gasteiger partial charge in [-0.15, -0.1) is 0 Å². The van der Waals surface area contributed by atoms with Gasteiger partial charge in [-0.05, 0) is 19.3 Å². The first-order valence-corrected chi connectivity index (χ1v) is 5.57. The molecule has 0 amide bonds. The summed E-state index contributed by atoms with van der Waals surface area (Å²) in [6.45, 7) is 5.71. The van der Waals surface area contributed by atoms with Crippen molar-refractivity contribution in [1.29, 1.82) is 0 Å². The number of hydrogen-bond donors (Lipinski definition) is 1. The minimum atomic E-state index is -0.725. The van der Waals surface area contributed by atoms with Crippen molar-refractivity contribution in [3.63, 3.8) is 0 Å². The van der Waals surface area contributed by atoms with Crippen LogP contribution in [0, 0.1) is 11.3 Å². The molecule has 0 radical (unpaired) electrons. The summed E-state index contributed by atoms with van der Waals surface area (Å²) in [6, 6.07) is 0. The Balaban J connectivity index is 2.72. The number of hydrogen-bond acceptors (Lipinski definition) is 2. The molecule has 0 aliphatic carbocycles. The van der Waals surface area contributed by atoms with E-state index in [4.69, 9.17) is 0 Å². The van der Waals surface area contributed by atoms with E-state index in [2.05, 4.69) is 4.98 Å². The van der Waals surface area contributed by atoms with Gasteiger partial charge in [-0.25, -0.2) is 4.98 Å². The maximum atomic E-state index is 11.3. The highest BCUT2D eigenvalue weighted by atomic mass is 16.4. The highest BCUT2D eigenvalue weighted by molar-refractivity contribution is 5.74. The van der Waals surface area contributed by atoms with Crippen molar-refractivity contribution in [3.05, 3.63) is 18.2 Å². The molecule has 1 aromatic heterocycles. The highest BCUT2D eigenvalue weighted by Gasteiger charge is 2.36. The van der Waals surface area contributed by atoms with Crippen LogP contribution in [0.1, 0.15) is 33.0 Å². The summed E-state index contributed by atoms with van der Waals surface area (Å²) in [5.41, 5.74) is -0.675. The summed E-state index contributed by atoms with van der Waals surface area (Å²) in [5, 5.41) is 9.27. The van der Waals surface area contributed by atoms with Crippen molar-refractivity contribution < 1.29 is 9.90 Å². The number of rotatable bonds is 5. The lowest BCUT2D eigenvalue weighted by Gasteiger charge is -2.28. The second kappa shape index (κ2) is 4.68. The number of carbonyl (C=O) groups is 1. The van der Waals surface area contributed by atoms with E-state index in [9.17, 15) is 9.90 Å². The number of carboxylic acids is 1. The van der Waals surface area contributed by atoms with Gasteiger partial charge in [-0.2, -0.15) is 0 Å². The average molecular weight is 224 g/mol. The van der Waals surface area contributed by atoms with E-state index in [0.29, 0.717) is 12.8 Å². The minimum absolute atomic E-state index is 0.116. The molecule has 1 aromatic rings. The van der Waals surface area contributed by atoms with Gasteiger partial charge in [0.05, 0.1) is 5.41 Å². The zero-order valence-electron chi connectivity index (χ0n) is 10.4. The number of aryl methyl sites for hydroxylation is 2. The molecule has 16 heavy (non-hydrogen) atoms. The van der Waals surface area contributed by atoms with Crippen molar-refractivity contribution in [2.45, 2.75) is 33.6 Å². The van der Waals surface area contributed by atoms with Crippen LogP contribution in [0.4, 0.5) is 0 Å². The van der Waals surface area contributed by atoms with Gasteiger partial charge in [0.1, 0.15) is 5.82 Å². The first kappa shape index (κ1) is 12.7. The zero-order valence-corrected chi connectivity index (χ0v) is 10.4. The normalized spacial score (nSPS) is 15.1. The topological polar surface area (TPSA) is 55.1 Å². The van der Waals surface area contributed by atoms with Gasteiger partial charge in [0.15, 0.2) is 0 Å². The molecule has 1 atom stereocenters. The minimum Gasteiger partial charge on any atom is -0.481 e. The number of aliphatic carboxylic acids is 1. The summed E-state index contributed by atoms with van der Waals surface area (Å²) in [6.07, 6.45) is 4.93. The quantitative estimate of drug-likeness (QED) is 0.833. The predicted molar refractivity (Wildman–Crippen MR) is 62.1 cm³/mol. The summed E-state index contributed by atoms with van der Waals surface area (Å²) in [7, 11) is 1.93. The molecule has 0 saturated heterocycles. The van der Waals surface area contributed by atoms with Gasteiger partial charge >= 0.3 is 5.97 Å². The fraction of sp³-hybridized carbons (Fsp3) is 0.667. The SMILES string of the molecule is CC(C)C(C)(CCc1nccn1C)C(=O)O. The van der Waals surface area contributed by atoms with Gasteiger partial charge in [-0.3, -0.25) is 4.79 Å². The van der Waals surface area contributed by atoms with Crippen LogP contribution in [0.2, 0.25) is 0 Å². The third kappa shape index (κ3) is 2.43. The second-order valence-corrected chi connectivity index (χ2v) is 4.83. The van der Waals surface area contributed by atoms with Crippen LogP contribution in [0.5, 0.6) is 0 Å². The van der Waals surface area contributed by atoms with Crippen LogP contribution in [0.3, 0.4) is 0 Å². The van der Waals surface area contributed by atoms with Crippen LogP contribution in [-0.4, -0.2) is 20.6 Å². The summed E-state index contributed by atoms with van der Waals surface area (Å²) >= 11 is 0. The first-order chi connectivity index (χ1) is 7.38. The van der Waals surface area contributed by atoms with E-state index < -0.39 is 11.4 Å². The first-order valence-electron chi connectivity index (χ1n) is 5.57. The Morgan fingerprint density at radius 2 is 2.25 bits per heavy atom. The fourth-order valence-corrected chi connectivity index (χ4v) is 1.65. The smallest absolute Gasteiger partial charge is 0.309 e. The van der Waals surface area contributed by atoms with Crippen LogP contribution >= 0.6 is 0 Å². The third-order valence-corrected chi connectivity index (χ3v) is 3.55. The third-order valence-electron chi connectivity index (χ3n) is 3.55. The van der Waals surface area contributed by atoms with Crippen molar-refractivity contribution in [2.24, 2.45) is 18.4 Å². The summed E-state index contributed by atoms with van der Waals surface area (Å²) < 4.78 is 1.93. The average Bonchev–Trinajstić information content (AvgIpc) is 2.59. The Morgan fingerprint density at radius 1 is 1.62 bits per heavy atom. The summed E-state index contributed by atoms with van der Waals surface area (Å²) in [5.74, 6) is 0.329. The highest BCUT2D eigenvalue weighted by Crippen LogP contribution is 2.32. The molecule has 90 valence electrons. The van der Waals surface area contributed by atoms with E-state index in [1.54, 1.807) is 6.20 Å². The Morgan fingerprint density at radius 3 is 2.62 bits per heavy atom. The van der Waals surface area contributed by atoms with Crippen molar-refractivity contribution in [1.82, 2.24) is 9.55 Å². The van der Waals surface area contributed by atoms with Crippen molar-refractivity contribution >= 4 is 5.97 Å². The molecule has 0 fully saturated rings. The van der Waals surface area contributed by atoms with Gasteiger partial charge in [0, 0.05) is 25.9 Å². The molecule has 1 heterocycles. The number of imidazole rings is 1. The van der Waals surface area contributed by atoms with E-state index in [0.717, 1.165) is 5.82 Å². The fourth-order valence-electron chi connectivity index (χ4n) is 1.65.